The maximum absolute atomic E-state index is 11.9. The number of rotatable bonds is 3. The Morgan fingerprint density at radius 3 is 2.67 bits per heavy atom. The van der Waals surface area contributed by atoms with Gasteiger partial charge in [0.2, 0.25) is 0 Å². The van der Waals surface area contributed by atoms with Crippen LogP contribution in [0.3, 0.4) is 0 Å². The number of aromatic carboxylic acids is 1. The van der Waals surface area contributed by atoms with Gasteiger partial charge in [-0.2, -0.15) is 5.10 Å². The molecule has 0 saturated carbocycles. The molecule has 18 heavy (non-hydrogen) atoms. The molecule has 0 saturated heterocycles. The molecule has 2 heterocycles. The number of nitrogens with zero attached hydrogens (tertiary/aromatic N) is 1. The lowest BCUT2D eigenvalue weighted by atomic mass is 10.2. The van der Waals surface area contributed by atoms with Gasteiger partial charge in [0.1, 0.15) is 5.69 Å². The Bertz CT molecular complexity index is 612. The summed E-state index contributed by atoms with van der Waals surface area (Å²) in [6, 6.07) is 1.57. The topological polar surface area (TPSA) is 111 Å². The van der Waals surface area contributed by atoms with E-state index in [0.717, 1.165) is 0 Å². The molecule has 2 rings (SSSR count). The fraction of sp³-hybridized carbons (Fsp3) is 0.182. The lowest BCUT2D eigenvalue weighted by Gasteiger charge is -2.03. The third kappa shape index (κ3) is 2.10. The third-order valence-electron chi connectivity index (χ3n) is 2.49. The minimum absolute atomic E-state index is 0.0398. The number of aromatic amines is 2. The molecule has 0 aliphatic carbocycles. The Morgan fingerprint density at radius 2 is 2.11 bits per heavy atom. The summed E-state index contributed by atoms with van der Waals surface area (Å²) in [4.78, 5) is 25.5. The quantitative estimate of drug-likeness (QED) is 0.656. The molecule has 0 aromatic carbocycles. The average molecular weight is 248 g/mol. The van der Waals surface area contributed by atoms with Crippen LogP contribution in [0.5, 0.6) is 0 Å². The smallest absolute Gasteiger partial charge is 0.354 e. The number of amides is 1. The largest absolute Gasteiger partial charge is 0.477 e. The van der Waals surface area contributed by atoms with Gasteiger partial charge in [-0.25, -0.2) is 4.79 Å². The standard InChI is InChI=1S/C11H12N4O3/c1-5-3-8(9(13-5)11(17)18)14-10(16)7-4-12-15-6(7)2/h3-4,13H,1-2H3,(H,12,15)(H,14,16)(H,17,18). The van der Waals surface area contributed by atoms with Crippen LogP contribution >= 0.6 is 0 Å². The van der Waals surface area contributed by atoms with E-state index in [2.05, 4.69) is 20.5 Å². The fourth-order valence-electron chi connectivity index (χ4n) is 1.63. The van der Waals surface area contributed by atoms with Crippen LogP contribution in [0.25, 0.3) is 0 Å². The molecule has 4 N–H and O–H groups in total. The predicted molar refractivity (Wildman–Crippen MR) is 63.8 cm³/mol. The van der Waals surface area contributed by atoms with Crippen molar-refractivity contribution in [1.29, 1.82) is 0 Å². The number of carboxylic acid groups (broad SMARTS) is 1. The number of hydrogen-bond donors (Lipinski definition) is 4. The molecule has 0 radical (unpaired) electrons. The molecule has 7 heteroatoms. The molecule has 7 nitrogen and oxygen atoms in total. The second-order valence-electron chi connectivity index (χ2n) is 3.91. The normalized spacial score (nSPS) is 10.3. The number of aryl methyl sites for hydroxylation is 2. The molecule has 0 atom stereocenters. The lowest BCUT2D eigenvalue weighted by Crippen LogP contribution is -2.14. The van der Waals surface area contributed by atoms with Gasteiger partial charge in [-0.1, -0.05) is 0 Å². The van der Waals surface area contributed by atoms with Gasteiger partial charge in [0.15, 0.2) is 0 Å². The number of aromatic nitrogens is 3. The van der Waals surface area contributed by atoms with E-state index in [1.165, 1.54) is 6.20 Å². The van der Waals surface area contributed by atoms with Gasteiger partial charge in [-0.3, -0.25) is 9.89 Å². The van der Waals surface area contributed by atoms with E-state index in [9.17, 15) is 9.59 Å². The summed E-state index contributed by atoms with van der Waals surface area (Å²) in [7, 11) is 0. The van der Waals surface area contributed by atoms with E-state index in [1.807, 2.05) is 0 Å². The Morgan fingerprint density at radius 1 is 1.39 bits per heavy atom. The molecular weight excluding hydrogens is 236 g/mol. The van der Waals surface area contributed by atoms with E-state index in [-0.39, 0.29) is 11.4 Å². The molecule has 0 aliphatic heterocycles. The number of anilines is 1. The molecule has 0 spiro atoms. The van der Waals surface area contributed by atoms with Gasteiger partial charge >= 0.3 is 5.97 Å². The maximum Gasteiger partial charge on any atom is 0.354 e. The summed E-state index contributed by atoms with van der Waals surface area (Å²) in [5.41, 5.74) is 1.86. The Kier molecular flexibility index (Phi) is 2.88. The van der Waals surface area contributed by atoms with Crippen molar-refractivity contribution < 1.29 is 14.7 Å². The van der Waals surface area contributed by atoms with Crippen molar-refractivity contribution >= 4 is 17.6 Å². The summed E-state index contributed by atoms with van der Waals surface area (Å²) < 4.78 is 0. The highest BCUT2D eigenvalue weighted by Crippen LogP contribution is 2.18. The first kappa shape index (κ1) is 11.9. The fourth-order valence-corrected chi connectivity index (χ4v) is 1.63. The average Bonchev–Trinajstić information content (AvgIpc) is 2.84. The second kappa shape index (κ2) is 4.36. The number of carbonyl (C=O) groups is 2. The van der Waals surface area contributed by atoms with Crippen LogP contribution in [0.15, 0.2) is 12.3 Å². The third-order valence-corrected chi connectivity index (χ3v) is 2.49. The zero-order chi connectivity index (χ0) is 13.3. The number of H-pyrrole nitrogens is 2. The Balaban J connectivity index is 2.27. The maximum atomic E-state index is 11.9. The summed E-state index contributed by atoms with van der Waals surface area (Å²) in [5, 5.41) is 17.9. The molecule has 94 valence electrons. The van der Waals surface area contributed by atoms with Gasteiger partial charge < -0.3 is 15.4 Å². The highest BCUT2D eigenvalue weighted by Gasteiger charge is 2.17. The zero-order valence-corrected chi connectivity index (χ0v) is 9.87. The van der Waals surface area contributed by atoms with Crippen LogP contribution in [0.1, 0.15) is 32.2 Å². The lowest BCUT2D eigenvalue weighted by molar-refractivity contribution is 0.0692. The van der Waals surface area contributed by atoms with E-state index in [0.29, 0.717) is 17.0 Å². The predicted octanol–water partition coefficient (Wildman–Crippen LogP) is 1.31. The first-order valence-electron chi connectivity index (χ1n) is 5.23. The van der Waals surface area contributed by atoms with Crippen molar-refractivity contribution in [1.82, 2.24) is 15.2 Å². The van der Waals surface area contributed by atoms with Crippen molar-refractivity contribution in [3.8, 4) is 0 Å². The molecule has 0 bridgehead atoms. The van der Waals surface area contributed by atoms with Crippen LogP contribution in [0.4, 0.5) is 5.69 Å². The number of carbonyl (C=O) groups excluding carboxylic acids is 1. The van der Waals surface area contributed by atoms with Crippen molar-refractivity contribution in [3.63, 3.8) is 0 Å². The number of carboxylic acids is 1. The zero-order valence-electron chi connectivity index (χ0n) is 9.87. The monoisotopic (exact) mass is 248 g/mol. The minimum Gasteiger partial charge on any atom is -0.477 e. The van der Waals surface area contributed by atoms with Crippen molar-refractivity contribution in [2.45, 2.75) is 13.8 Å². The molecule has 2 aromatic heterocycles. The van der Waals surface area contributed by atoms with Crippen LogP contribution in [-0.2, 0) is 0 Å². The van der Waals surface area contributed by atoms with Crippen LogP contribution < -0.4 is 5.32 Å². The van der Waals surface area contributed by atoms with E-state index < -0.39 is 11.9 Å². The molecule has 0 fully saturated rings. The summed E-state index contributed by atoms with van der Waals surface area (Å²) in [6.45, 7) is 3.42. The molecule has 0 aliphatic rings. The van der Waals surface area contributed by atoms with E-state index in [4.69, 9.17) is 5.11 Å². The van der Waals surface area contributed by atoms with Gasteiger partial charge in [-0.15, -0.1) is 0 Å². The van der Waals surface area contributed by atoms with Crippen LogP contribution in [-0.4, -0.2) is 32.2 Å². The SMILES string of the molecule is Cc1cc(NC(=O)c2cn[nH]c2C)c(C(=O)O)[nH]1. The van der Waals surface area contributed by atoms with Gasteiger partial charge in [-0.05, 0) is 19.9 Å². The van der Waals surface area contributed by atoms with Gasteiger partial charge in [0.05, 0.1) is 17.4 Å². The minimum atomic E-state index is -1.12. The second-order valence-corrected chi connectivity index (χ2v) is 3.91. The van der Waals surface area contributed by atoms with E-state index in [1.54, 1.807) is 19.9 Å². The van der Waals surface area contributed by atoms with Crippen LogP contribution in [0.2, 0.25) is 0 Å². The first-order valence-corrected chi connectivity index (χ1v) is 5.23. The summed E-state index contributed by atoms with van der Waals surface area (Å²) in [5.74, 6) is -1.52. The van der Waals surface area contributed by atoms with E-state index >= 15 is 0 Å². The summed E-state index contributed by atoms with van der Waals surface area (Å²) in [6.07, 6.45) is 1.39. The van der Waals surface area contributed by atoms with Crippen molar-refractivity contribution in [3.05, 3.63) is 34.9 Å². The Hall–Kier alpha value is -2.57. The van der Waals surface area contributed by atoms with Crippen molar-refractivity contribution in [2.75, 3.05) is 5.32 Å². The Labute approximate surface area is 102 Å². The number of nitrogens with one attached hydrogen (secondary N) is 3. The van der Waals surface area contributed by atoms with Gasteiger partial charge in [0.25, 0.3) is 5.91 Å². The molecule has 0 unspecified atom stereocenters. The summed E-state index contributed by atoms with van der Waals surface area (Å²) >= 11 is 0. The molecule has 1 amide bonds. The first-order chi connectivity index (χ1) is 8.49. The number of hydrogen-bond acceptors (Lipinski definition) is 3. The van der Waals surface area contributed by atoms with Crippen molar-refractivity contribution in [2.24, 2.45) is 0 Å². The molecular formula is C11H12N4O3. The van der Waals surface area contributed by atoms with Gasteiger partial charge in [0, 0.05) is 11.4 Å². The highest BCUT2D eigenvalue weighted by atomic mass is 16.4. The highest BCUT2D eigenvalue weighted by molar-refractivity contribution is 6.07. The van der Waals surface area contributed by atoms with Crippen LogP contribution in [0, 0.1) is 13.8 Å². The molecule has 2 aromatic rings.